The van der Waals surface area contributed by atoms with Crippen LogP contribution < -0.4 is 14.4 Å². The van der Waals surface area contributed by atoms with E-state index in [1.54, 1.807) is 31.2 Å². The number of nitrogens with one attached hydrogen (secondary N) is 1. The molecular formula is C13H20N2O4S. The van der Waals surface area contributed by atoms with E-state index in [9.17, 15) is 13.2 Å². The number of nitrogens with zero attached hydrogens (tertiary/aromatic N) is 1. The van der Waals surface area contributed by atoms with Crippen molar-refractivity contribution in [1.29, 1.82) is 0 Å². The lowest BCUT2D eigenvalue weighted by Gasteiger charge is -2.23. The van der Waals surface area contributed by atoms with Gasteiger partial charge in [0, 0.05) is 20.0 Å². The molecule has 0 aliphatic rings. The van der Waals surface area contributed by atoms with Crippen molar-refractivity contribution in [2.75, 3.05) is 30.9 Å². The second-order valence-corrected chi connectivity index (χ2v) is 6.24. The number of benzene rings is 1. The monoisotopic (exact) mass is 300 g/mol. The molecule has 1 N–H and O–H groups in total. The molecule has 112 valence electrons. The van der Waals surface area contributed by atoms with Crippen molar-refractivity contribution in [3.05, 3.63) is 24.3 Å². The molecule has 0 atom stereocenters. The van der Waals surface area contributed by atoms with Crippen LogP contribution in [-0.4, -0.2) is 40.3 Å². The molecule has 0 fully saturated rings. The SMILES string of the molecule is CCS(=O)(=O)NCCN(C(C)=O)c1ccccc1OC. The summed E-state index contributed by atoms with van der Waals surface area (Å²) in [4.78, 5) is 13.2. The number of amides is 1. The first-order valence-electron chi connectivity index (χ1n) is 6.29. The largest absolute Gasteiger partial charge is 0.495 e. The molecule has 0 aliphatic heterocycles. The van der Waals surface area contributed by atoms with Crippen molar-refractivity contribution in [3.63, 3.8) is 0 Å². The minimum absolute atomic E-state index is 0.0156. The topological polar surface area (TPSA) is 75.7 Å². The summed E-state index contributed by atoms with van der Waals surface area (Å²) >= 11 is 0. The summed E-state index contributed by atoms with van der Waals surface area (Å²) < 4.78 is 30.4. The predicted molar refractivity (Wildman–Crippen MR) is 78.5 cm³/mol. The van der Waals surface area contributed by atoms with Crippen LogP contribution in [0.4, 0.5) is 5.69 Å². The van der Waals surface area contributed by atoms with Gasteiger partial charge in [0.25, 0.3) is 0 Å². The van der Waals surface area contributed by atoms with Crippen molar-refractivity contribution in [2.24, 2.45) is 0 Å². The molecule has 0 saturated carbocycles. The molecule has 0 aliphatic carbocycles. The number of carbonyl (C=O) groups excluding carboxylic acids is 1. The van der Waals surface area contributed by atoms with E-state index in [4.69, 9.17) is 4.74 Å². The van der Waals surface area contributed by atoms with Gasteiger partial charge in [-0.15, -0.1) is 0 Å². The highest BCUT2D eigenvalue weighted by atomic mass is 32.2. The quantitative estimate of drug-likeness (QED) is 0.814. The second-order valence-electron chi connectivity index (χ2n) is 4.14. The van der Waals surface area contributed by atoms with E-state index in [1.165, 1.54) is 18.9 Å². The Bertz CT molecular complexity index is 557. The first-order valence-corrected chi connectivity index (χ1v) is 7.95. The number of ether oxygens (including phenoxy) is 1. The van der Waals surface area contributed by atoms with Crippen molar-refractivity contribution in [3.8, 4) is 5.75 Å². The van der Waals surface area contributed by atoms with Crippen LogP contribution in [0, 0.1) is 0 Å². The van der Waals surface area contributed by atoms with Gasteiger partial charge in [-0.2, -0.15) is 0 Å². The average molecular weight is 300 g/mol. The highest BCUT2D eigenvalue weighted by Crippen LogP contribution is 2.27. The van der Waals surface area contributed by atoms with E-state index < -0.39 is 10.0 Å². The van der Waals surface area contributed by atoms with Crippen molar-refractivity contribution >= 4 is 21.6 Å². The molecule has 0 bridgehead atoms. The van der Waals surface area contributed by atoms with E-state index >= 15 is 0 Å². The number of sulfonamides is 1. The molecule has 1 aromatic carbocycles. The fraction of sp³-hybridized carbons (Fsp3) is 0.462. The van der Waals surface area contributed by atoms with Gasteiger partial charge in [0.1, 0.15) is 5.75 Å². The van der Waals surface area contributed by atoms with Crippen molar-refractivity contribution in [2.45, 2.75) is 13.8 Å². The van der Waals surface area contributed by atoms with E-state index in [-0.39, 0.29) is 24.7 Å². The van der Waals surface area contributed by atoms with Gasteiger partial charge in [-0.3, -0.25) is 4.79 Å². The minimum atomic E-state index is -3.26. The van der Waals surface area contributed by atoms with Crippen LogP contribution in [0.2, 0.25) is 0 Å². The zero-order valence-electron chi connectivity index (χ0n) is 11.9. The van der Waals surface area contributed by atoms with Crippen LogP contribution in [0.5, 0.6) is 5.75 Å². The molecule has 0 heterocycles. The van der Waals surface area contributed by atoms with Gasteiger partial charge >= 0.3 is 0 Å². The highest BCUT2D eigenvalue weighted by Gasteiger charge is 2.16. The Balaban J connectivity index is 2.83. The van der Waals surface area contributed by atoms with Gasteiger partial charge in [-0.25, -0.2) is 13.1 Å². The Morgan fingerprint density at radius 2 is 2.00 bits per heavy atom. The molecule has 0 saturated heterocycles. The van der Waals surface area contributed by atoms with Gasteiger partial charge < -0.3 is 9.64 Å². The maximum atomic E-state index is 11.7. The number of hydrogen-bond acceptors (Lipinski definition) is 4. The molecule has 1 rings (SSSR count). The standard InChI is InChI=1S/C13H20N2O4S/c1-4-20(17,18)14-9-10-15(11(2)16)12-7-5-6-8-13(12)19-3/h5-8,14H,4,9-10H2,1-3H3. The first-order chi connectivity index (χ1) is 9.41. The van der Waals surface area contributed by atoms with E-state index in [1.807, 2.05) is 0 Å². The average Bonchev–Trinajstić information content (AvgIpc) is 2.43. The van der Waals surface area contributed by atoms with Crippen LogP contribution in [-0.2, 0) is 14.8 Å². The molecule has 0 unspecified atom stereocenters. The minimum Gasteiger partial charge on any atom is -0.495 e. The van der Waals surface area contributed by atoms with Gasteiger partial charge in [-0.1, -0.05) is 12.1 Å². The summed E-state index contributed by atoms with van der Waals surface area (Å²) in [7, 11) is -1.73. The molecular weight excluding hydrogens is 280 g/mol. The molecule has 6 nitrogen and oxygen atoms in total. The smallest absolute Gasteiger partial charge is 0.224 e. The van der Waals surface area contributed by atoms with Gasteiger partial charge in [0.15, 0.2) is 0 Å². The van der Waals surface area contributed by atoms with Gasteiger partial charge in [-0.05, 0) is 19.1 Å². The Morgan fingerprint density at radius 1 is 1.35 bits per heavy atom. The number of rotatable bonds is 7. The van der Waals surface area contributed by atoms with Crippen LogP contribution in [0.15, 0.2) is 24.3 Å². The summed E-state index contributed by atoms with van der Waals surface area (Å²) in [5.74, 6) is 0.410. The summed E-state index contributed by atoms with van der Waals surface area (Å²) in [6, 6.07) is 7.11. The molecule has 1 aromatic rings. The van der Waals surface area contributed by atoms with E-state index in [0.29, 0.717) is 11.4 Å². The van der Waals surface area contributed by atoms with Crippen LogP contribution in [0.25, 0.3) is 0 Å². The Labute approximate surface area is 119 Å². The summed E-state index contributed by atoms with van der Waals surface area (Å²) in [5, 5.41) is 0. The first kappa shape index (κ1) is 16.5. The zero-order chi connectivity index (χ0) is 15.2. The molecule has 20 heavy (non-hydrogen) atoms. The van der Waals surface area contributed by atoms with Crippen LogP contribution in [0.3, 0.4) is 0 Å². The molecule has 0 aromatic heterocycles. The predicted octanol–water partition coefficient (Wildman–Crippen LogP) is 0.987. The van der Waals surface area contributed by atoms with Crippen molar-refractivity contribution < 1.29 is 17.9 Å². The zero-order valence-corrected chi connectivity index (χ0v) is 12.7. The molecule has 1 amide bonds. The molecule has 7 heteroatoms. The van der Waals surface area contributed by atoms with Crippen LogP contribution >= 0.6 is 0 Å². The van der Waals surface area contributed by atoms with Gasteiger partial charge in [0.05, 0.1) is 18.6 Å². The number of carbonyl (C=O) groups is 1. The van der Waals surface area contributed by atoms with Crippen molar-refractivity contribution in [1.82, 2.24) is 4.72 Å². The number of para-hydroxylation sites is 2. The number of methoxy groups -OCH3 is 1. The molecule has 0 radical (unpaired) electrons. The number of anilines is 1. The van der Waals surface area contributed by atoms with Gasteiger partial charge in [0.2, 0.25) is 15.9 Å². The maximum absolute atomic E-state index is 11.7. The van der Waals surface area contributed by atoms with E-state index in [0.717, 1.165) is 0 Å². The molecule has 0 spiro atoms. The maximum Gasteiger partial charge on any atom is 0.224 e. The Kier molecular flexibility index (Phi) is 5.97. The third-order valence-electron chi connectivity index (χ3n) is 2.79. The highest BCUT2D eigenvalue weighted by molar-refractivity contribution is 7.89. The second kappa shape index (κ2) is 7.25. The Morgan fingerprint density at radius 3 is 2.55 bits per heavy atom. The lowest BCUT2D eigenvalue weighted by molar-refractivity contribution is -0.116. The Hall–Kier alpha value is -1.60. The third-order valence-corrected chi connectivity index (χ3v) is 4.20. The fourth-order valence-electron chi connectivity index (χ4n) is 1.72. The summed E-state index contributed by atoms with van der Waals surface area (Å²) in [6.07, 6.45) is 0. The lowest BCUT2D eigenvalue weighted by atomic mass is 10.2. The normalized spacial score (nSPS) is 11.2. The third kappa shape index (κ3) is 4.50. The van der Waals surface area contributed by atoms with E-state index in [2.05, 4.69) is 4.72 Å². The fourth-order valence-corrected chi connectivity index (χ4v) is 2.32. The summed E-state index contributed by atoms with van der Waals surface area (Å²) in [5.41, 5.74) is 0.623. The lowest BCUT2D eigenvalue weighted by Crippen LogP contribution is -2.38. The number of hydrogen-bond donors (Lipinski definition) is 1. The summed E-state index contributed by atoms with van der Waals surface area (Å²) in [6.45, 7) is 3.40. The van der Waals surface area contributed by atoms with Crippen LogP contribution in [0.1, 0.15) is 13.8 Å².